The van der Waals surface area contributed by atoms with Crippen LogP contribution < -0.4 is 10.0 Å². The smallest absolute Gasteiger partial charge is 0.212 e. The number of hydrogen-bond acceptors (Lipinski definition) is 3. The third-order valence-electron chi connectivity index (χ3n) is 3.52. The van der Waals surface area contributed by atoms with E-state index in [1.54, 1.807) is 0 Å². The lowest BCUT2D eigenvalue weighted by molar-refractivity contribution is 0.231. The molecule has 4 nitrogen and oxygen atoms in total. The lowest BCUT2D eigenvalue weighted by Crippen LogP contribution is -2.42. The van der Waals surface area contributed by atoms with Crippen LogP contribution in [0.25, 0.3) is 0 Å². The van der Waals surface area contributed by atoms with E-state index in [-0.39, 0.29) is 5.75 Å². The van der Waals surface area contributed by atoms with Gasteiger partial charge in [0.1, 0.15) is 0 Å². The van der Waals surface area contributed by atoms with Crippen molar-refractivity contribution < 1.29 is 8.42 Å². The zero-order chi connectivity index (χ0) is 12.2. The Morgan fingerprint density at radius 1 is 1.25 bits per heavy atom. The molecule has 0 bridgehead atoms. The molecule has 0 amide bonds. The molecule has 5 heteroatoms. The molecule has 1 aliphatic carbocycles. The topological polar surface area (TPSA) is 58.2 Å². The van der Waals surface area contributed by atoms with Crippen molar-refractivity contribution in [2.75, 3.05) is 19.3 Å². The Kier molecular flexibility index (Phi) is 5.21. The fourth-order valence-electron chi connectivity index (χ4n) is 2.45. The molecule has 0 aromatic rings. The summed E-state index contributed by atoms with van der Waals surface area (Å²) in [7, 11) is -1.60. The lowest BCUT2D eigenvalue weighted by Gasteiger charge is -2.33. The van der Waals surface area contributed by atoms with Gasteiger partial charge in [-0.3, -0.25) is 0 Å². The summed E-state index contributed by atoms with van der Waals surface area (Å²) in [4.78, 5) is 0. The van der Waals surface area contributed by atoms with Crippen LogP contribution in [0.4, 0.5) is 0 Å². The molecule has 3 unspecified atom stereocenters. The number of rotatable bonds is 5. The van der Waals surface area contributed by atoms with Crippen molar-refractivity contribution in [2.24, 2.45) is 11.8 Å². The summed E-state index contributed by atoms with van der Waals surface area (Å²) in [6.45, 7) is 5.09. The van der Waals surface area contributed by atoms with Crippen LogP contribution in [0, 0.1) is 11.8 Å². The molecule has 16 heavy (non-hydrogen) atoms. The lowest BCUT2D eigenvalue weighted by atomic mass is 9.80. The van der Waals surface area contributed by atoms with Gasteiger partial charge in [-0.1, -0.05) is 13.8 Å². The summed E-state index contributed by atoms with van der Waals surface area (Å²) in [5.41, 5.74) is 0. The first-order valence-corrected chi connectivity index (χ1v) is 7.74. The monoisotopic (exact) mass is 248 g/mol. The van der Waals surface area contributed by atoms with Gasteiger partial charge in [-0.2, -0.15) is 0 Å². The van der Waals surface area contributed by atoms with Gasteiger partial charge in [0.15, 0.2) is 0 Å². The largest absolute Gasteiger partial charge is 0.313 e. The highest BCUT2D eigenvalue weighted by Crippen LogP contribution is 2.28. The normalized spacial score (nSPS) is 31.6. The molecule has 0 aliphatic heterocycles. The minimum atomic E-state index is -3.06. The SMILES string of the molecule is CNS(=O)(=O)CCNC1CCC(C)CC1C. The number of nitrogens with one attached hydrogen (secondary N) is 2. The molecule has 1 saturated carbocycles. The van der Waals surface area contributed by atoms with E-state index in [0.29, 0.717) is 18.5 Å². The van der Waals surface area contributed by atoms with E-state index in [1.165, 1.54) is 26.3 Å². The zero-order valence-electron chi connectivity index (χ0n) is 10.5. The highest BCUT2D eigenvalue weighted by Gasteiger charge is 2.24. The maximum Gasteiger partial charge on any atom is 0.212 e. The van der Waals surface area contributed by atoms with Crippen molar-refractivity contribution in [1.29, 1.82) is 0 Å². The van der Waals surface area contributed by atoms with Gasteiger partial charge in [-0.15, -0.1) is 0 Å². The fraction of sp³-hybridized carbons (Fsp3) is 1.00. The van der Waals surface area contributed by atoms with Crippen LogP contribution in [0.2, 0.25) is 0 Å². The Hall–Kier alpha value is -0.130. The van der Waals surface area contributed by atoms with E-state index in [0.717, 1.165) is 5.92 Å². The van der Waals surface area contributed by atoms with E-state index < -0.39 is 10.0 Å². The molecule has 0 heterocycles. The Morgan fingerprint density at radius 2 is 1.94 bits per heavy atom. The Bertz CT molecular complexity index is 303. The summed E-state index contributed by atoms with van der Waals surface area (Å²) in [6.07, 6.45) is 3.67. The maximum absolute atomic E-state index is 11.2. The molecule has 0 spiro atoms. The molecule has 1 aliphatic rings. The molecule has 96 valence electrons. The van der Waals surface area contributed by atoms with Gasteiger partial charge in [-0.25, -0.2) is 13.1 Å². The third-order valence-corrected chi connectivity index (χ3v) is 4.88. The first kappa shape index (κ1) is 13.9. The Morgan fingerprint density at radius 3 is 2.50 bits per heavy atom. The van der Waals surface area contributed by atoms with E-state index in [4.69, 9.17) is 0 Å². The summed E-state index contributed by atoms with van der Waals surface area (Å²) < 4.78 is 24.8. The first-order valence-electron chi connectivity index (χ1n) is 6.09. The van der Waals surface area contributed by atoms with Crippen LogP contribution in [-0.4, -0.2) is 33.8 Å². The molecule has 0 aromatic heterocycles. The summed E-state index contributed by atoms with van der Waals surface area (Å²) in [6, 6.07) is 0.489. The number of hydrogen-bond donors (Lipinski definition) is 2. The van der Waals surface area contributed by atoms with E-state index in [9.17, 15) is 8.42 Å². The van der Waals surface area contributed by atoms with Crippen LogP contribution in [-0.2, 0) is 10.0 Å². The number of sulfonamides is 1. The molecule has 3 atom stereocenters. The summed E-state index contributed by atoms with van der Waals surface area (Å²) in [5, 5.41) is 3.36. The van der Waals surface area contributed by atoms with Crippen molar-refractivity contribution in [1.82, 2.24) is 10.0 Å². The van der Waals surface area contributed by atoms with Gasteiger partial charge in [0.25, 0.3) is 0 Å². The van der Waals surface area contributed by atoms with Crippen molar-refractivity contribution in [3.8, 4) is 0 Å². The molecular weight excluding hydrogens is 224 g/mol. The van der Waals surface area contributed by atoms with Crippen LogP contribution in [0.5, 0.6) is 0 Å². The van der Waals surface area contributed by atoms with Gasteiger partial charge in [0.2, 0.25) is 10.0 Å². The average molecular weight is 248 g/mol. The van der Waals surface area contributed by atoms with Gasteiger partial charge in [0, 0.05) is 12.6 Å². The van der Waals surface area contributed by atoms with Crippen molar-refractivity contribution in [3.05, 3.63) is 0 Å². The third kappa shape index (κ3) is 4.39. The highest BCUT2D eigenvalue weighted by molar-refractivity contribution is 7.89. The Balaban J connectivity index is 2.28. The second-order valence-electron chi connectivity index (χ2n) is 4.98. The maximum atomic E-state index is 11.2. The van der Waals surface area contributed by atoms with Crippen LogP contribution >= 0.6 is 0 Å². The van der Waals surface area contributed by atoms with Crippen molar-refractivity contribution >= 4 is 10.0 Å². The predicted molar refractivity (Wildman–Crippen MR) is 66.8 cm³/mol. The second-order valence-corrected chi connectivity index (χ2v) is 7.03. The first-order chi connectivity index (χ1) is 7.44. The van der Waals surface area contributed by atoms with Gasteiger partial charge >= 0.3 is 0 Å². The van der Waals surface area contributed by atoms with Crippen LogP contribution in [0.3, 0.4) is 0 Å². The quantitative estimate of drug-likeness (QED) is 0.761. The van der Waals surface area contributed by atoms with Crippen molar-refractivity contribution in [2.45, 2.75) is 39.2 Å². The summed E-state index contributed by atoms with van der Waals surface area (Å²) >= 11 is 0. The predicted octanol–water partition coefficient (Wildman–Crippen LogP) is 0.950. The van der Waals surface area contributed by atoms with Crippen LogP contribution in [0.1, 0.15) is 33.1 Å². The van der Waals surface area contributed by atoms with E-state index in [1.807, 2.05) is 0 Å². The molecule has 1 rings (SSSR count). The second kappa shape index (κ2) is 5.98. The Labute approximate surface area is 99.2 Å². The fourth-order valence-corrected chi connectivity index (χ4v) is 3.04. The minimum Gasteiger partial charge on any atom is -0.313 e. The highest BCUT2D eigenvalue weighted by atomic mass is 32.2. The van der Waals surface area contributed by atoms with Crippen LogP contribution in [0.15, 0.2) is 0 Å². The molecular formula is C11H24N2O2S. The average Bonchev–Trinajstić information content (AvgIpc) is 2.21. The zero-order valence-corrected chi connectivity index (χ0v) is 11.3. The molecule has 0 saturated heterocycles. The molecule has 1 fully saturated rings. The van der Waals surface area contributed by atoms with Gasteiger partial charge < -0.3 is 5.32 Å². The van der Waals surface area contributed by atoms with E-state index >= 15 is 0 Å². The van der Waals surface area contributed by atoms with Gasteiger partial charge in [0.05, 0.1) is 5.75 Å². The standard InChI is InChI=1S/C11H24N2O2S/c1-9-4-5-11(10(2)8-9)13-6-7-16(14,15)12-3/h9-13H,4-8H2,1-3H3. The molecule has 0 radical (unpaired) electrons. The van der Waals surface area contributed by atoms with Gasteiger partial charge in [-0.05, 0) is 38.1 Å². The summed E-state index contributed by atoms with van der Waals surface area (Å²) in [5.74, 6) is 1.64. The van der Waals surface area contributed by atoms with E-state index in [2.05, 4.69) is 23.9 Å². The molecule has 2 N–H and O–H groups in total. The molecule has 0 aromatic carbocycles. The van der Waals surface area contributed by atoms with Crippen molar-refractivity contribution in [3.63, 3.8) is 0 Å². The minimum absolute atomic E-state index is 0.169.